The minimum absolute atomic E-state index is 0.118. The Bertz CT molecular complexity index is 406. The second-order valence-electron chi connectivity index (χ2n) is 8.35. The molecule has 0 N–H and O–H groups in total. The predicted molar refractivity (Wildman–Crippen MR) is 80.3 cm³/mol. The van der Waals surface area contributed by atoms with E-state index in [1.165, 1.54) is 25.7 Å². The molecule has 3 fully saturated rings. The molecule has 3 atom stereocenters. The van der Waals surface area contributed by atoms with Gasteiger partial charge in [0.1, 0.15) is 6.10 Å². The van der Waals surface area contributed by atoms with E-state index in [9.17, 15) is 4.79 Å². The number of carbonyl (C=O) groups excluding carboxylic acids is 1. The van der Waals surface area contributed by atoms with Crippen molar-refractivity contribution < 1.29 is 9.53 Å². The highest BCUT2D eigenvalue weighted by molar-refractivity contribution is 5.77. The lowest BCUT2D eigenvalue weighted by Gasteiger charge is -2.39. The monoisotopic (exact) mass is 278 g/mol. The van der Waals surface area contributed by atoms with Crippen molar-refractivity contribution in [2.24, 2.45) is 22.2 Å². The number of ether oxygens (including phenoxy) is 1. The largest absolute Gasteiger partial charge is 0.461 e. The van der Waals surface area contributed by atoms with Crippen molar-refractivity contribution in [3.05, 3.63) is 0 Å². The van der Waals surface area contributed by atoms with E-state index in [0.717, 1.165) is 31.6 Å². The molecule has 3 rings (SSSR count). The van der Waals surface area contributed by atoms with E-state index in [4.69, 9.17) is 4.74 Å². The Labute approximate surface area is 123 Å². The van der Waals surface area contributed by atoms with Crippen LogP contribution in [0.5, 0.6) is 0 Å². The topological polar surface area (TPSA) is 26.3 Å². The summed E-state index contributed by atoms with van der Waals surface area (Å²) in [4.78, 5) is 12.8. The van der Waals surface area contributed by atoms with Gasteiger partial charge in [-0.25, -0.2) is 0 Å². The normalized spacial score (nSPS) is 41.0. The summed E-state index contributed by atoms with van der Waals surface area (Å²) in [6.45, 7) is 9.26. The Morgan fingerprint density at radius 1 is 1.15 bits per heavy atom. The maximum atomic E-state index is 12.8. The Kier molecular flexibility index (Phi) is 3.23. The minimum Gasteiger partial charge on any atom is -0.461 e. The van der Waals surface area contributed by atoms with Gasteiger partial charge >= 0.3 is 5.97 Å². The molecule has 0 aromatic carbocycles. The first kappa shape index (κ1) is 14.4. The molecule has 20 heavy (non-hydrogen) atoms. The zero-order valence-corrected chi connectivity index (χ0v) is 13.6. The Hall–Kier alpha value is -0.530. The van der Waals surface area contributed by atoms with E-state index in [-0.39, 0.29) is 22.9 Å². The van der Waals surface area contributed by atoms with Gasteiger partial charge < -0.3 is 4.74 Å². The van der Waals surface area contributed by atoms with Crippen LogP contribution in [0, 0.1) is 22.2 Å². The highest BCUT2D eigenvalue weighted by Gasteiger charge is 2.63. The highest BCUT2D eigenvalue weighted by Crippen LogP contribution is 2.66. The molecule has 3 saturated carbocycles. The van der Waals surface area contributed by atoms with E-state index in [2.05, 4.69) is 27.7 Å². The molecule has 0 aromatic rings. The van der Waals surface area contributed by atoms with Crippen molar-refractivity contribution in [3.8, 4) is 0 Å². The second-order valence-corrected chi connectivity index (χ2v) is 8.35. The molecular formula is C18H30O2. The number of rotatable bonds is 3. The summed E-state index contributed by atoms with van der Waals surface area (Å²) < 4.78 is 6.12. The number of carbonyl (C=O) groups is 1. The van der Waals surface area contributed by atoms with Gasteiger partial charge in [-0.1, -0.05) is 40.5 Å². The minimum atomic E-state index is -0.150. The molecule has 0 saturated heterocycles. The molecule has 0 aromatic heterocycles. The molecule has 2 nitrogen and oxygen atoms in total. The lowest BCUT2D eigenvalue weighted by atomic mass is 9.70. The van der Waals surface area contributed by atoms with Crippen LogP contribution in [0.15, 0.2) is 0 Å². The van der Waals surface area contributed by atoms with Crippen LogP contribution >= 0.6 is 0 Å². The standard InChI is InChI=1S/C18H30O2/c1-5-18(9-6-7-10-18)15(19)20-14-12-13-8-11-17(14,4)16(13,2)3/h13-14H,5-12H2,1-4H3. The van der Waals surface area contributed by atoms with Gasteiger partial charge in [-0.05, 0) is 49.9 Å². The molecule has 0 spiro atoms. The van der Waals surface area contributed by atoms with Gasteiger partial charge in [0.25, 0.3) is 0 Å². The van der Waals surface area contributed by atoms with Crippen LogP contribution in [0.25, 0.3) is 0 Å². The Morgan fingerprint density at radius 2 is 1.80 bits per heavy atom. The van der Waals surface area contributed by atoms with Gasteiger partial charge in [-0.3, -0.25) is 4.79 Å². The summed E-state index contributed by atoms with van der Waals surface area (Å²) in [6.07, 6.45) is 9.21. The number of hydrogen-bond donors (Lipinski definition) is 0. The molecule has 0 amide bonds. The van der Waals surface area contributed by atoms with Crippen molar-refractivity contribution in [1.29, 1.82) is 0 Å². The fraction of sp³-hybridized carbons (Fsp3) is 0.944. The number of hydrogen-bond acceptors (Lipinski definition) is 2. The Morgan fingerprint density at radius 3 is 2.25 bits per heavy atom. The van der Waals surface area contributed by atoms with Crippen molar-refractivity contribution in [2.75, 3.05) is 0 Å². The van der Waals surface area contributed by atoms with Gasteiger partial charge in [-0.2, -0.15) is 0 Å². The van der Waals surface area contributed by atoms with Crippen molar-refractivity contribution in [3.63, 3.8) is 0 Å². The number of esters is 1. The average Bonchev–Trinajstić information content (AvgIpc) is 3.02. The van der Waals surface area contributed by atoms with Gasteiger partial charge in [0.05, 0.1) is 5.41 Å². The zero-order chi connectivity index (χ0) is 14.6. The maximum absolute atomic E-state index is 12.8. The molecular weight excluding hydrogens is 248 g/mol. The van der Waals surface area contributed by atoms with Gasteiger partial charge in [-0.15, -0.1) is 0 Å². The number of fused-ring (bicyclic) bond motifs is 2. The summed E-state index contributed by atoms with van der Waals surface area (Å²) in [5.74, 6) is 0.860. The first-order chi connectivity index (χ1) is 9.36. The third-order valence-corrected chi connectivity index (χ3v) is 7.63. The summed E-state index contributed by atoms with van der Waals surface area (Å²) in [5, 5.41) is 0. The summed E-state index contributed by atoms with van der Waals surface area (Å²) >= 11 is 0. The fourth-order valence-electron chi connectivity index (χ4n) is 5.32. The molecule has 0 heterocycles. The lowest BCUT2D eigenvalue weighted by Crippen LogP contribution is -2.41. The average molecular weight is 278 g/mol. The lowest BCUT2D eigenvalue weighted by molar-refractivity contribution is -0.169. The van der Waals surface area contributed by atoms with Crippen molar-refractivity contribution in [2.45, 2.75) is 85.2 Å². The quantitative estimate of drug-likeness (QED) is 0.699. The fourth-order valence-corrected chi connectivity index (χ4v) is 5.32. The van der Waals surface area contributed by atoms with Gasteiger partial charge in [0.15, 0.2) is 0 Å². The van der Waals surface area contributed by atoms with Crippen LogP contribution in [0.4, 0.5) is 0 Å². The first-order valence-electron chi connectivity index (χ1n) is 8.57. The summed E-state index contributed by atoms with van der Waals surface area (Å²) in [5.41, 5.74) is 0.371. The van der Waals surface area contributed by atoms with Crippen LogP contribution in [0.2, 0.25) is 0 Å². The predicted octanol–water partition coefficient (Wildman–Crippen LogP) is 4.71. The molecule has 3 aliphatic rings. The van der Waals surface area contributed by atoms with E-state index in [1.54, 1.807) is 0 Å². The molecule has 114 valence electrons. The first-order valence-corrected chi connectivity index (χ1v) is 8.57. The van der Waals surface area contributed by atoms with E-state index in [1.807, 2.05) is 0 Å². The SMILES string of the molecule is CCC1(C(=O)OC2CC3CCC2(C)C3(C)C)CCCC1. The van der Waals surface area contributed by atoms with Crippen LogP contribution in [-0.2, 0) is 9.53 Å². The summed E-state index contributed by atoms with van der Waals surface area (Å²) in [7, 11) is 0. The Balaban J connectivity index is 1.75. The van der Waals surface area contributed by atoms with Crippen LogP contribution in [0.1, 0.15) is 79.1 Å². The van der Waals surface area contributed by atoms with E-state index >= 15 is 0 Å². The molecule has 3 unspecified atom stereocenters. The van der Waals surface area contributed by atoms with Gasteiger partial charge in [0.2, 0.25) is 0 Å². The molecule has 0 aliphatic heterocycles. The molecule has 3 aliphatic carbocycles. The smallest absolute Gasteiger partial charge is 0.312 e. The van der Waals surface area contributed by atoms with Crippen LogP contribution in [-0.4, -0.2) is 12.1 Å². The molecule has 2 heteroatoms. The van der Waals surface area contributed by atoms with Crippen molar-refractivity contribution in [1.82, 2.24) is 0 Å². The zero-order valence-electron chi connectivity index (χ0n) is 13.6. The highest BCUT2D eigenvalue weighted by atomic mass is 16.5. The van der Waals surface area contributed by atoms with Crippen LogP contribution in [0.3, 0.4) is 0 Å². The maximum Gasteiger partial charge on any atom is 0.312 e. The third-order valence-electron chi connectivity index (χ3n) is 7.63. The third kappa shape index (κ3) is 1.72. The van der Waals surface area contributed by atoms with Gasteiger partial charge in [0, 0.05) is 5.41 Å². The van der Waals surface area contributed by atoms with Crippen LogP contribution < -0.4 is 0 Å². The second kappa shape index (κ2) is 4.48. The van der Waals surface area contributed by atoms with E-state index < -0.39 is 0 Å². The van der Waals surface area contributed by atoms with E-state index in [0.29, 0.717) is 5.41 Å². The molecule has 2 bridgehead atoms. The summed E-state index contributed by atoms with van der Waals surface area (Å²) in [6, 6.07) is 0. The van der Waals surface area contributed by atoms with Crippen molar-refractivity contribution >= 4 is 5.97 Å². The molecule has 0 radical (unpaired) electrons.